The lowest BCUT2D eigenvalue weighted by Crippen LogP contribution is -2.26. The Labute approximate surface area is 117 Å². The summed E-state index contributed by atoms with van der Waals surface area (Å²) in [7, 11) is 1.70. The van der Waals surface area contributed by atoms with Crippen molar-refractivity contribution in [2.24, 2.45) is 0 Å². The Morgan fingerprint density at radius 1 is 1.11 bits per heavy atom. The smallest absolute Gasteiger partial charge is 0.215 e. The molecule has 0 aromatic heterocycles. The summed E-state index contributed by atoms with van der Waals surface area (Å²) in [5, 5.41) is 0. The quantitative estimate of drug-likeness (QED) is 0.622. The van der Waals surface area contributed by atoms with Gasteiger partial charge in [-0.25, -0.2) is 0 Å². The van der Waals surface area contributed by atoms with Crippen LogP contribution in [0.3, 0.4) is 0 Å². The molecule has 0 saturated carbocycles. The van der Waals surface area contributed by atoms with Crippen LogP contribution in [0, 0.1) is 23.8 Å². The largest absolute Gasteiger partial charge is 0.497 e. The van der Waals surface area contributed by atoms with Gasteiger partial charge in [0, 0.05) is 12.7 Å². The van der Waals surface area contributed by atoms with Crippen molar-refractivity contribution in [2.45, 2.75) is 25.2 Å². The topological polar surface area (TPSA) is 18.5 Å². The van der Waals surface area contributed by atoms with Crippen molar-refractivity contribution < 1.29 is 9.47 Å². The maximum atomic E-state index is 5.66. The van der Waals surface area contributed by atoms with E-state index in [-0.39, 0.29) is 0 Å². The molecule has 19 heavy (non-hydrogen) atoms. The van der Waals surface area contributed by atoms with Gasteiger partial charge in [-0.2, -0.15) is 0 Å². The zero-order chi connectivity index (χ0) is 14.5. The first kappa shape index (κ1) is 15.4. The van der Waals surface area contributed by atoms with Gasteiger partial charge in [-0.3, -0.25) is 0 Å². The molecule has 1 unspecified atom stereocenters. The Balaban J connectivity index is 3.25. The molecule has 100 valence electrons. The summed E-state index contributed by atoms with van der Waals surface area (Å²) in [6.45, 7) is 6.51. The van der Waals surface area contributed by atoms with Crippen LogP contribution in [0.4, 0.5) is 0 Å². The van der Waals surface area contributed by atoms with Crippen molar-refractivity contribution in [2.75, 3.05) is 14.2 Å². The molecule has 2 nitrogen and oxygen atoms in total. The zero-order valence-electron chi connectivity index (χ0n) is 12.2. The molecule has 0 aliphatic heterocycles. The van der Waals surface area contributed by atoms with Gasteiger partial charge in [0.2, 0.25) is 5.60 Å². The Bertz CT molecular complexity index is 523. The van der Waals surface area contributed by atoms with Crippen LogP contribution in [-0.4, -0.2) is 22.3 Å². The summed E-state index contributed by atoms with van der Waals surface area (Å²) in [5.74, 6) is 6.60. The minimum absolute atomic E-state index is 0.781. The van der Waals surface area contributed by atoms with E-state index in [0.717, 1.165) is 11.3 Å². The average molecular weight is 272 g/mol. The highest BCUT2D eigenvalue weighted by molar-refractivity contribution is 6.83. The second-order valence-corrected chi connectivity index (χ2v) is 10.0. The lowest BCUT2D eigenvalue weighted by Gasteiger charge is -2.22. The summed E-state index contributed by atoms with van der Waals surface area (Å²) in [4.78, 5) is 0. The van der Waals surface area contributed by atoms with Crippen molar-refractivity contribution in [3.05, 3.63) is 29.8 Å². The van der Waals surface area contributed by atoms with Crippen molar-refractivity contribution in [3.63, 3.8) is 0 Å². The highest BCUT2D eigenvalue weighted by Gasteiger charge is 2.28. The molecule has 1 aromatic carbocycles. The molecule has 0 bridgehead atoms. The van der Waals surface area contributed by atoms with E-state index >= 15 is 0 Å². The fraction of sp³-hybridized carbons (Fsp3) is 0.375. The number of benzene rings is 1. The van der Waals surface area contributed by atoms with E-state index in [4.69, 9.17) is 15.9 Å². The van der Waals surface area contributed by atoms with Gasteiger partial charge in [0.25, 0.3) is 0 Å². The Hall–Kier alpha value is -1.68. The van der Waals surface area contributed by atoms with Gasteiger partial charge in [0.15, 0.2) is 0 Å². The molecule has 3 heteroatoms. The second kappa shape index (κ2) is 5.97. The van der Waals surface area contributed by atoms with Crippen LogP contribution in [0.25, 0.3) is 0 Å². The summed E-state index contributed by atoms with van der Waals surface area (Å²) >= 11 is 0. The van der Waals surface area contributed by atoms with Crippen LogP contribution >= 0.6 is 0 Å². The molecule has 0 saturated heterocycles. The molecule has 1 atom stereocenters. The molecular formula is C16H20O2Si. The van der Waals surface area contributed by atoms with E-state index in [0.29, 0.717) is 0 Å². The first-order chi connectivity index (χ1) is 8.87. The van der Waals surface area contributed by atoms with E-state index < -0.39 is 13.7 Å². The van der Waals surface area contributed by atoms with Gasteiger partial charge in [-0.1, -0.05) is 43.6 Å². The average Bonchev–Trinajstić information content (AvgIpc) is 2.40. The Morgan fingerprint density at radius 2 is 1.68 bits per heavy atom. The summed E-state index contributed by atoms with van der Waals surface area (Å²) in [6, 6.07) is 7.50. The maximum Gasteiger partial charge on any atom is 0.215 e. The molecule has 0 N–H and O–H groups in total. The van der Waals surface area contributed by atoms with Crippen molar-refractivity contribution in [1.82, 2.24) is 0 Å². The second-order valence-electron chi connectivity index (χ2n) is 5.26. The van der Waals surface area contributed by atoms with Crippen LogP contribution in [0.5, 0.6) is 5.75 Å². The number of terminal acetylenes is 1. The SMILES string of the molecule is C#CC(C#C[Si](C)(C)C)(OC)c1ccc(OC)cc1. The summed E-state index contributed by atoms with van der Waals surface area (Å²) < 4.78 is 10.7. The first-order valence-electron chi connectivity index (χ1n) is 6.08. The van der Waals surface area contributed by atoms with Gasteiger partial charge in [-0.15, -0.1) is 12.0 Å². The van der Waals surface area contributed by atoms with E-state index in [2.05, 4.69) is 37.0 Å². The summed E-state index contributed by atoms with van der Waals surface area (Å²) in [6.07, 6.45) is 5.66. The van der Waals surface area contributed by atoms with E-state index in [1.54, 1.807) is 14.2 Å². The molecule has 0 aliphatic carbocycles. The molecule has 0 spiro atoms. The predicted octanol–water partition coefficient (Wildman–Crippen LogP) is 3.05. The molecule has 1 rings (SSSR count). The van der Waals surface area contributed by atoms with Crippen LogP contribution in [0.15, 0.2) is 24.3 Å². The van der Waals surface area contributed by atoms with Crippen molar-refractivity contribution in [1.29, 1.82) is 0 Å². The lowest BCUT2D eigenvalue weighted by molar-refractivity contribution is 0.0899. The number of methoxy groups -OCH3 is 2. The van der Waals surface area contributed by atoms with Gasteiger partial charge in [0.05, 0.1) is 7.11 Å². The standard InChI is InChI=1S/C16H20O2Si/c1-7-16(18-3,12-13-19(4,5)6)14-8-10-15(17-2)11-9-14/h1,8-11H,2-6H3. The molecule has 0 fully saturated rings. The molecule has 0 radical (unpaired) electrons. The Morgan fingerprint density at radius 3 is 2.05 bits per heavy atom. The normalized spacial score (nSPS) is 13.7. The van der Waals surface area contributed by atoms with Gasteiger partial charge in [0.1, 0.15) is 13.8 Å². The predicted molar refractivity (Wildman–Crippen MR) is 81.6 cm³/mol. The van der Waals surface area contributed by atoms with Gasteiger partial charge >= 0.3 is 0 Å². The third kappa shape index (κ3) is 3.89. The molecule has 1 aromatic rings. The van der Waals surface area contributed by atoms with E-state index in [1.807, 2.05) is 24.3 Å². The van der Waals surface area contributed by atoms with E-state index in [9.17, 15) is 0 Å². The summed E-state index contributed by atoms with van der Waals surface area (Å²) in [5.41, 5.74) is 3.15. The fourth-order valence-corrected chi connectivity index (χ4v) is 2.07. The highest BCUT2D eigenvalue weighted by atomic mass is 28.3. The fourth-order valence-electron chi connectivity index (χ4n) is 1.52. The van der Waals surface area contributed by atoms with Crippen LogP contribution < -0.4 is 4.74 Å². The first-order valence-corrected chi connectivity index (χ1v) is 9.58. The molecular weight excluding hydrogens is 252 g/mol. The minimum Gasteiger partial charge on any atom is -0.497 e. The maximum absolute atomic E-state index is 5.66. The third-order valence-electron chi connectivity index (χ3n) is 2.62. The van der Waals surface area contributed by atoms with Gasteiger partial charge in [-0.05, 0) is 12.1 Å². The van der Waals surface area contributed by atoms with Crippen molar-refractivity contribution >= 4 is 8.07 Å². The number of rotatable bonds is 3. The molecule has 0 heterocycles. The van der Waals surface area contributed by atoms with Crippen LogP contribution in [-0.2, 0) is 10.3 Å². The molecule has 0 aliphatic rings. The van der Waals surface area contributed by atoms with Crippen LogP contribution in [0.1, 0.15) is 5.56 Å². The number of ether oxygens (including phenoxy) is 2. The van der Waals surface area contributed by atoms with E-state index in [1.165, 1.54) is 0 Å². The monoisotopic (exact) mass is 272 g/mol. The van der Waals surface area contributed by atoms with Gasteiger partial charge < -0.3 is 9.47 Å². The number of hydrogen-bond donors (Lipinski definition) is 0. The van der Waals surface area contributed by atoms with Crippen LogP contribution in [0.2, 0.25) is 19.6 Å². The minimum atomic E-state index is -1.51. The lowest BCUT2D eigenvalue weighted by atomic mass is 9.95. The molecule has 0 amide bonds. The Kier molecular flexibility index (Phi) is 4.83. The zero-order valence-corrected chi connectivity index (χ0v) is 13.2. The van der Waals surface area contributed by atoms with Crippen molar-refractivity contribution in [3.8, 4) is 29.6 Å². The number of hydrogen-bond acceptors (Lipinski definition) is 2. The third-order valence-corrected chi connectivity index (χ3v) is 3.49. The highest BCUT2D eigenvalue weighted by Crippen LogP contribution is 2.26.